The van der Waals surface area contributed by atoms with Gasteiger partial charge in [0.2, 0.25) is 0 Å². The van der Waals surface area contributed by atoms with E-state index in [-0.39, 0.29) is 5.92 Å². The average Bonchev–Trinajstić information content (AvgIpc) is 3.01. The van der Waals surface area contributed by atoms with Gasteiger partial charge in [0.15, 0.2) is 0 Å². The van der Waals surface area contributed by atoms with Crippen LogP contribution in [0.15, 0.2) is 11.1 Å². The maximum absolute atomic E-state index is 11.4. The van der Waals surface area contributed by atoms with E-state index in [9.17, 15) is 13.0 Å². The molecule has 1 fully saturated rings. The lowest BCUT2D eigenvalue weighted by atomic mass is 9.84. The lowest BCUT2D eigenvalue weighted by Gasteiger charge is -2.31. The van der Waals surface area contributed by atoms with E-state index in [1.807, 2.05) is 6.92 Å². The van der Waals surface area contributed by atoms with Gasteiger partial charge in [-0.1, -0.05) is 11.1 Å². The highest BCUT2D eigenvalue weighted by Crippen LogP contribution is 2.33. The minimum absolute atomic E-state index is 0.00861. The zero-order valence-corrected chi connectivity index (χ0v) is 11.3. The van der Waals surface area contributed by atoms with Gasteiger partial charge in [-0.05, 0) is 52.0 Å². The van der Waals surface area contributed by atoms with Crippen molar-refractivity contribution in [1.29, 1.82) is 0 Å². The first-order chi connectivity index (χ1) is 7.88. The smallest absolute Gasteiger partial charge is 0.268 e. The molecule has 0 aliphatic heterocycles. The first kappa shape index (κ1) is 13.1. The van der Waals surface area contributed by atoms with Crippen molar-refractivity contribution in [3.63, 3.8) is 0 Å². The van der Waals surface area contributed by atoms with Gasteiger partial charge >= 0.3 is 0 Å². The highest BCUT2D eigenvalue weighted by molar-refractivity contribution is 7.86. The second kappa shape index (κ2) is 4.71. The van der Waals surface area contributed by atoms with E-state index in [4.69, 9.17) is 0 Å². The number of allylic oxidation sites excluding steroid dienone is 2. The van der Waals surface area contributed by atoms with E-state index in [2.05, 4.69) is 12.2 Å². The Morgan fingerprint density at radius 3 is 2.35 bits per heavy atom. The summed E-state index contributed by atoms with van der Waals surface area (Å²) in [7, 11) is -3.93. The van der Waals surface area contributed by atoms with Crippen molar-refractivity contribution in [2.24, 2.45) is 5.92 Å². The van der Waals surface area contributed by atoms with E-state index in [1.165, 1.54) is 18.4 Å². The fourth-order valence-corrected chi connectivity index (χ4v) is 3.64. The molecule has 0 aromatic heterocycles. The van der Waals surface area contributed by atoms with Gasteiger partial charge in [0.05, 0.1) is 5.25 Å². The maximum Gasteiger partial charge on any atom is 0.268 e. The molecule has 0 spiro atoms. The van der Waals surface area contributed by atoms with Crippen LogP contribution in [-0.4, -0.2) is 30.8 Å². The van der Waals surface area contributed by atoms with Crippen molar-refractivity contribution < 1.29 is 13.0 Å². The van der Waals surface area contributed by atoms with Gasteiger partial charge in [-0.25, -0.2) is 0 Å². The standard InChI is InChI=1S/C12H21NO3S/c1-8-5-10(7-13-11-3-4-11)12(6-9(8)2)17(14,15)16/h10-13H,3-7H2,1-2H3,(H,14,15,16). The Morgan fingerprint density at radius 1 is 1.24 bits per heavy atom. The number of hydrogen-bond donors (Lipinski definition) is 2. The molecule has 2 unspecified atom stereocenters. The third kappa shape index (κ3) is 3.30. The molecule has 17 heavy (non-hydrogen) atoms. The fourth-order valence-electron chi connectivity index (χ4n) is 2.50. The molecule has 2 N–H and O–H groups in total. The average molecular weight is 259 g/mol. The number of hydrogen-bond acceptors (Lipinski definition) is 3. The molecule has 4 nitrogen and oxygen atoms in total. The van der Waals surface area contributed by atoms with Gasteiger partial charge in [-0.15, -0.1) is 0 Å². The molecule has 2 aliphatic rings. The summed E-state index contributed by atoms with van der Waals surface area (Å²) in [5, 5.41) is 2.74. The maximum atomic E-state index is 11.4. The number of nitrogens with one attached hydrogen (secondary N) is 1. The molecule has 0 radical (unpaired) electrons. The van der Waals surface area contributed by atoms with Crippen LogP contribution in [0.5, 0.6) is 0 Å². The van der Waals surface area contributed by atoms with Gasteiger partial charge in [-0.3, -0.25) is 4.55 Å². The largest absolute Gasteiger partial charge is 0.314 e. The summed E-state index contributed by atoms with van der Waals surface area (Å²) >= 11 is 0. The minimum Gasteiger partial charge on any atom is -0.314 e. The Morgan fingerprint density at radius 2 is 1.82 bits per heavy atom. The van der Waals surface area contributed by atoms with Gasteiger partial charge < -0.3 is 5.32 Å². The van der Waals surface area contributed by atoms with E-state index in [0.717, 1.165) is 12.0 Å². The van der Waals surface area contributed by atoms with Crippen molar-refractivity contribution in [3.8, 4) is 0 Å². The van der Waals surface area contributed by atoms with Crippen LogP contribution in [0.25, 0.3) is 0 Å². The highest BCUT2D eigenvalue weighted by Gasteiger charge is 2.36. The Kier molecular flexibility index (Phi) is 3.61. The normalized spacial score (nSPS) is 30.8. The van der Waals surface area contributed by atoms with Crippen LogP contribution >= 0.6 is 0 Å². The van der Waals surface area contributed by atoms with E-state index in [1.54, 1.807) is 0 Å². The van der Waals surface area contributed by atoms with Crippen molar-refractivity contribution >= 4 is 10.1 Å². The van der Waals surface area contributed by atoms with Crippen molar-refractivity contribution in [2.75, 3.05) is 6.54 Å². The Labute approximate surface area is 103 Å². The lowest BCUT2D eigenvalue weighted by molar-refractivity contribution is 0.383. The molecule has 0 saturated heterocycles. The molecule has 0 amide bonds. The van der Waals surface area contributed by atoms with Gasteiger partial charge in [0.25, 0.3) is 10.1 Å². The summed E-state index contributed by atoms with van der Waals surface area (Å²) in [6, 6.07) is 0.573. The first-order valence-corrected chi connectivity index (χ1v) is 7.73. The molecular formula is C12H21NO3S. The summed E-state index contributed by atoms with van der Waals surface area (Å²) in [6.45, 7) is 4.71. The zero-order chi connectivity index (χ0) is 12.6. The molecule has 0 heterocycles. The summed E-state index contributed by atoms with van der Waals surface area (Å²) < 4.78 is 32.1. The molecular weight excluding hydrogens is 238 g/mol. The van der Waals surface area contributed by atoms with Crippen molar-refractivity contribution in [1.82, 2.24) is 5.32 Å². The van der Waals surface area contributed by atoms with Crippen molar-refractivity contribution in [2.45, 2.75) is 50.8 Å². The topological polar surface area (TPSA) is 66.4 Å². The van der Waals surface area contributed by atoms with Crippen LogP contribution < -0.4 is 5.32 Å². The molecule has 0 bridgehead atoms. The van der Waals surface area contributed by atoms with Gasteiger partial charge in [-0.2, -0.15) is 8.42 Å². The van der Waals surface area contributed by atoms with Crippen LogP contribution in [0.1, 0.15) is 39.5 Å². The van der Waals surface area contributed by atoms with E-state index in [0.29, 0.717) is 19.0 Å². The molecule has 0 aromatic carbocycles. The molecule has 0 aromatic rings. The number of rotatable bonds is 4. The Hall–Kier alpha value is -0.390. The van der Waals surface area contributed by atoms with Crippen LogP contribution in [0.4, 0.5) is 0 Å². The molecule has 2 rings (SSSR count). The zero-order valence-electron chi connectivity index (χ0n) is 10.4. The van der Waals surface area contributed by atoms with Gasteiger partial charge in [0.1, 0.15) is 0 Å². The summed E-state index contributed by atoms with van der Waals surface area (Å²) in [5.74, 6) is 0.00861. The summed E-state index contributed by atoms with van der Waals surface area (Å²) in [6.07, 6.45) is 3.63. The molecule has 1 saturated carbocycles. The lowest BCUT2D eigenvalue weighted by Crippen LogP contribution is -2.39. The second-order valence-corrected chi connectivity index (χ2v) is 7.10. The van der Waals surface area contributed by atoms with E-state index < -0.39 is 15.4 Å². The van der Waals surface area contributed by atoms with Gasteiger partial charge in [0, 0.05) is 6.04 Å². The molecule has 98 valence electrons. The highest BCUT2D eigenvalue weighted by atomic mass is 32.2. The third-order valence-corrected chi connectivity index (χ3v) is 5.28. The monoisotopic (exact) mass is 259 g/mol. The third-order valence-electron chi connectivity index (χ3n) is 3.96. The van der Waals surface area contributed by atoms with Crippen LogP contribution in [-0.2, 0) is 10.1 Å². The summed E-state index contributed by atoms with van der Waals surface area (Å²) in [4.78, 5) is 0. The van der Waals surface area contributed by atoms with Crippen LogP contribution in [0.2, 0.25) is 0 Å². The minimum atomic E-state index is -3.93. The Balaban J connectivity index is 2.08. The quantitative estimate of drug-likeness (QED) is 0.596. The summed E-state index contributed by atoms with van der Waals surface area (Å²) in [5.41, 5.74) is 2.38. The molecule has 2 atom stereocenters. The molecule has 5 heteroatoms. The van der Waals surface area contributed by atoms with Crippen LogP contribution in [0.3, 0.4) is 0 Å². The van der Waals surface area contributed by atoms with Crippen molar-refractivity contribution in [3.05, 3.63) is 11.1 Å². The predicted molar refractivity (Wildman–Crippen MR) is 67.5 cm³/mol. The second-order valence-electron chi connectivity index (χ2n) is 5.46. The van der Waals surface area contributed by atoms with E-state index >= 15 is 0 Å². The fraction of sp³-hybridized carbons (Fsp3) is 0.833. The molecule has 2 aliphatic carbocycles. The SMILES string of the molecule is CC1=C(C)CC(S(=O)(=O)O)C(CNC2CC2)C1. The first-order valence-electron chi connectivity index (χ1n) is 6.23. The Bertz CT molecular complexity index is 423. The predicted octanol–water partition coefficient (Wildman–Crippen LogP) is 1.74. The van der Waals surface area contributed by atoms with Crippen LogP contribution in [0, 0.1) is 5.92 Å².